The van der Waals surface area contributed by atoms with Crippen LogP contribution in [0.3, 0.4) is 0 Å². The first-order chi connectivity index (χ1) is 16.9. The van der Waals surface area contributed by atoms with Crippen LogP contribution in [-0.4, -0.2) is 6.61 Å². The van der Waals surface area contributed by atoms with Crippen LogP contribution < -0.4 is 4.74 Å². The molecule has 0 atom stereocenters. The number of aryl methyl sites for hydroxylation is 1. The van der Waals surface area contributed by atoms with Crippen LogP contribution in [0.1, 0.15) is 61.6 Å². The number of hydrogen-bond donors (Lipinski definition) is 0. The lowest BCUT2D eigenvalue weighted by atomic mass is 9.76. The molecule has 0 heterocycles. The van der Waals surface area contributed by atoms with E-state index in [9.17, 15) is 17.6 Å². The zero-order chi connectivity index (χ0) is 24.9. The maximum atomic E-state index is 14.8. The Morgan fingerprint density at radius 2 is 1.54 bits per heavy atom. The van der Waals surface area contributed by atoms with Crippen molar-refractivity contribution in [2.24, 2.45) is 5.92 Å². The van der Waals surface area contributed by atoms with E-state index in [1.807, 2.05) is 12.1 Å². The summed E-state index contributed by atoms with van der Waals surface area (Å²) in [6.45, 7) is 5.70. The molecule has 5 heteroatoms. The summed E-state index contributed by atoms with van der Waals surface area (Å²) in [5, 5.41) is 0. The van der Waals surface area contributed by atoms with Crippen molar-refractivity contribution >= 4 is 6.08 Å². The molecule has 0 amide bonds. The molecule has 0 aliphatic heterocycles. The van der Waals surface area contributed by atoms with Gasteiger partial charge in [0.1, 0.15) is 0 Å². The molecule has 0 radical (unpaired) electrons. The Balaban J connectivity index is 1.36. The van der Waals surface area contributed by atoms with Crippen LogP contribution >= 0.6 is 0 Å². The molecule has 1 aliphatic rings. The zero-order valence-corrected chi connectivity index (χ0v) is 19.9. The summed E-state index contributed by atoms with van der Waals surface area (Å²) >= 11 is 0. The van der Waals surface area contributed by atoms with Gasteiger partial charge in [-0.3, -0.25) is 0 Å². The van der Waals surface area contributed by atoms with Gasteiger partial charge < -0.3 is 4.74 Å². The molecule has 3 aromatic carbocycles. The fourth-order valence-electron chi connectivity index (χ4n) is 5.05. The molecule has 0 aromatic heterocycles. The SMILES string of the molecule is C=Cc1ccc(-c2ccc(CCC3CCC(c4ccc(OCC)c(F)c4F)CC3)c(F)c2F)cc1. The summed E-state index contributed by atoms with van der Waals surface area (Å²) in [4.78, 5) is 0. The van der Waals surface area contributed by atoms with Crippen LogP contribution in [0.5, 0.6) is 5.75 Å². The van der Waals surface area contributed by atoms with E-state index < -0.39 is 23.3 Å². The molecule has 0 unspecified atom stereocenters. The number of ether oxygens (including phenoxy) is 1. The topological polar surface area (TPSA) is 9.23 Å². The van der Waals surface area contributed by atoms with Crippen LogP contribution in [-0.2, 0) is 6.42 Å². The normalized spacial score (nSPS) is 17.9. The maximum absolute atomic E-state index is 14.8. The second kappa shape index (κ2) is 11.1. The van der Waals surface area contributed by atoms with E-state index >= 15 is 0 Å². The van der Waals surface area contributed by atoms with Crippen molar-refractivity contribution in [1.82, 2.24) is 0 Å². The summed E-state index contributed by atoms with van der Waals surface area (Å²) in [7, 11) is 0. The molecule has 3 aromatic rings. The van der Waals surface area contributed by atoms with E-state index in [1.54, 1.807) is 43.3 Å². The summed E-state index contributed by atoms with van der Waals surface area (Å²) < 4.78 is 63.6. The van der Waals surface area contributed by atoms with Gasteiger partial charge in [0.05, 0.1) is 6.61 Å². The molecule has 35 heavy (non-hydrogen) atoms. The first-order valence-electron chi connectivity index (χ1n) is 12.2. The second-order valence-corrected chi connectivity index (χ2v) is 9.20. The predicted molar refractivity (Wildman–Crippen MR) is 132 cm³/mol. The molecule has 1 aliphatic carbocycles. The van der Waals surface area contributed by atoms with E-state index in [1.165, 1.54) is 6.07 Å². The Labute approximate surface area is 204 Å². The molecule has 1 saturated carbocycles. The number of hydrogen-bond acceptors (Lipinski definition) is 1. The summed E-state index contributed by atoms with van der Waals surface area (Å²) in [5.74, 6) is -3.13. The smallest absolute Gasteiger partial charge is 0.200 e. The fourth-order valence-corrected chi connectivity index (χ4v) is 5.05. The molecule has 0 bridgehead atoms. The van der Waals surface area contributed by atoms with Gasteiger partial charge in [-0.05, 0) is 85.6 Å². The van der Waals surface area contributed by atoms with Gasteiger partial charge in [-0.15, -0.1) is 0 Å². The van der Waals surface area contributed by atoms with Crippen molar-refractivity contribution in [1.29, 1.82) is 0 Å². The Morgan fingerprint density at radius 3 is 2.20 bits per heavy atom. The van der Waals surface area contributed by atoms with Crippen LogP contribution in [0, 0.1) is 29.2 Å². The molecule has 0 saturated heterocycles. The van der Waals surface area contributed by atoms with Gasteiger partial charge in [-0.2, -0.15) is 4.39 Å². The van der Waals surface area contributed by atoms with Gasteiger partial charge in [0.2, 0.25) is 5.82 Å². The molecular weight excluding hydrogens is 452 g/mol. The Bertz CT molecular complexity index is 1180. The Hall–Kier alpha value is -3.08. The zero-order valence-electron chi connectivity index (χ0n) is 19.9. The van der Waals surface area contributed by atoms with Gasteiger partial charge in [0, 0.05) is 5.56 Å². The number of halogens is 4. The fraction of sp³-hybridized carbons (Fsp3) is 0.333. The number of benzene rings is 3. The molecule has 0 N–H and O–H groups in total. The maximum Gasteiger partial charge on any atom is 0.200 e. The minimum Gasteiger partial charge on any atom is -0.491 e. The van der Waals surface area contributed by atoms with Crippen molar-refractivity contribution in [3.63, 3.8) is 0 Å². The number of rotatable bonds is 8. The van der Waals surface area contributed by atoms with Crippen molar-refractivity contribution in [2.75, 3.05) is 6.61 Å². The minimum atomic E-state index is -0.927. The average Bonchev–Trinajstić information content (AvgIpc) is 2.88. The van der Waals surface area contributed by atoms with E-state index in [2.05, 4.69) is 6.58 Å². The van der Waals surface area contributed by atoms with Crippen molar-refractivity contribution in [2.45, 2.75) is 51.4 Å². The Morgan fingerprint density at radius 1 is 0.829 bits per heavy atom. The first-order valence-corrected chi connectivity index (χ1v) is 12.2. The highest BCUT2D eigenvalue weighted by Gasteiger charge is 2.27. The lowest BCUT2D eigenvalue weighted by molar-refractivity contribution is 0.296. The summed E-state index contributed by atoms with van der Waals surface area (Å²) in [5.41, 5.74) is 2.54. The van der Waals surface area contributed by atoms with Crippen molar-refractivity contribution in [3.8, 4) is 16.9 Å². The monoisotopic (exact) mass is 482 g/mol. The van der Waals surface area contributed by atoms with Crippen LogP contribution in [0.4, 0.5) is 17.6 Å². The third kappa shape index (κ3) is 5.44. The van der Waals surface area contributed by atoms with Gasteiger partial charge in [0.25, 0.3) is 0 Å². The minimum absolute atomic E-state index is 0.0441. The summed E-state index contributed by atoms with van der Waals surface area (Å²) in [6, 6.07) is 13.6. The van der Waals surface area contributed by atoms with Crippen LogP contribution in [0.2, 0.25) is 0 Å². The molecule has 4 rings (SSSR count). The predicted octanol–water partition coefficient (Wildman–Crippen LogP) is 8.86. The molecule has 1 fully saturated rings. The largest absolute Gasteiger partial charge is 0.491 e. The van der Waals surface area contributed by atoms with E-state index in [0.29, 0.717) is 29.0 Å². The Kier molecular flexibility index (Phi) is 7.94. The highest BCUT2D eigenvalue weighted by Crippen LogP contribution is 2.40. The average molecular weight is 483 g/mol. The molecular formula is C30H30F4O. The van der Waals surface area contributed by atoms with Gasteiger partial charge in [-0.25, -0.2) is 13.2 Å². The lowest BCUT2D eigenvalue weighted by Gasteiger charge is -2.29. The second-order valence-electron chi connectivity index (χ2n) is 9.20. The van der Waals surface area contributed by atoms with E-state index in [-0.39, 0.29) is 23.8 Å². The molecule has 0 spiro atoms. The highest BCUT2D eigenvalue weighted by molar-refractivity contribution is 5.66. The van der Waals surface area contributed by atoms with Crippen molar-refractivity contribution < 1.29 is 22.3 Å². The molecule has 184 valence electrons. The standard InChI is InChI=1S/C30H30F4O/c1-3-19-5-10-21(11-6-19)24-16-15-23(27(31)28(24)32)14-9-20-7-12-22(13-8-20)25-17-18-26(35-4-2)30(34)29(25)33/h3,5-6,10-11,15-18,20,22H,1,4,7-9,12-14H2,2H3. The van der Waals surface area contributed by atoms with Gasteiger partial charge in [-0.1, -0.05) is 55.1 Å². The van der Waals surface area contributed by atoms with E-state index in [0.717, 1.165) is 37.7 Å². The summed E-state index contributed by atoms with van der Waals surface area (Å²) in [6.07, 6.45) is 6.05. The first kappa shape index (κ1) is 25.0. The molecule has 1 nitrogen and oxygen atoms in total. The van der Waals surface area contributed by atoms with Gasteiger partial charge in [0.15, 0.2) is 23.2 Å². The van der Waals surface area contributed by atoms with Crippen LogP contribution in [0.15, 0.2) is 55.1 Å². The lowest BCUT2D eigenvalue weighted by Crippen LogP contribution is -2.16. The van der Waals surface area contributed by atoms with Gasteiger partial charge >= 0.3 is 0 Å². The third-order valence-corrected chi connectivity index (χ3v) is 7.10. The highest BCUT2D eigenvalue weighted by atomic mass is 19.2. The quantitative estimate of drug-likeness (QED) is 0.291. The van der Waals surface area contributed by atoms with Crippen molar-refractivity contribution in [3.05, 3.63) is 95.1 Å². The van der Waals surface area contributed by atoms with E-state index in [4.69, 9.17) is 4.74 Å². The van der Waals surface area contributed by atoms with Crippen LogP contribution in [0.25, 0.3) is 17.2 Å². The third-order valence-electron chi connectivity index (χ3n) is 7.10.